The summed E-state index contributed by atoms with van der Waals surface area (Å²) in [6.45, 7) is 5.42. The molecular formula is C21H22N6O2S. The zero-order valence-corrected chi connectivity index (χ0v) is 17.7. The van der Waals surface area contributed by atoms with Crippen molar-refractivity contribution in [2.45, 2.75) is 31.2 Å². The van der Waals surface area contributed by atoms with E-state index in [4.69, 9.17) is 0 Å². The second-order valence-electron chi connectivity index (χ2n) is 7.86. The first-order valence-electron chi connectivity index (χ1n) is 9.39. The predicted molar refractivity (Wildman–Crippen MR) is 116 cm³/mol. The zero-order valence-electron chi connectivity index (χ0n) is 16.9. The molecule has 0 saturated carbocycles. The Morgan fingerprint density at radius 2 is 1.70 bits per heavy atom. The van der Waals surface area contributed by atoms with Crippen LogP contribution in [0.2, 0.25) is 0 Å². The Hall–Kier alpha value is -3.30. The molecule has 3 aromatic heterocycles. The molecule has 0 aliphatic rings. The van der Waals surface area contributed by atoms with Crippen molar-refractivity contribution in [3.8, 4) is 11.3 Å². The standard InChI is InChI=1S/C21H22N6O2S/c1-21(2,3)26-30(28,29)17-7-4-6-15(14-17)18-8-5-9-19-24-20(25-27(18)19)23-16-10-12-22-13-11-16/h4-14,26H,1-3H3,(H,22,23,25). The van der Waals surface area contributed by atoms with Crippen molar-refractivity contribution in [2.24, 2.45) is 0 Å². The van der Waals surface area contributed by atoms with Crippen molar-refractivity contribution in [3.63, 3.8) is 0 Å². The molecule has 0 spiro atoms. The lowest BCUT2D eigenvalue weighted by Gasteiger charge is -2.20. The fourth-order valence-corrected chi connectivity index (χ4v) is 4.49. The number of hydrogen-bond donors (Lipinski definition) is 2. The van der Waals surface area contributed by atoms with Gasteiger partial charge >= 0.3 is 0 Å². The number of hydrogen-bond acceptors (Lipinski definition) is 6. The molecule has 0 fully saturated rings. The van der Waals surface area contributed by atoms with Gasteiger partial charge in [-0.25, -0.2) is 17.7 Å². The lowest BCUT2D eigenvalue weighted by molar-refractivity contribution is 0.491. The van der Waals surface area contributed by atoms with Gasteiger partial charge in [-0.2, -0.15) is 4.98 Å². The van der Waals surface area contributed by atoms with Gasteiger partial charge in [0.2, 0.25) is 16.0 Å². The van der Waals surface area contributed by atoms with Gasteiger partial charge in [-0.3, -0.25) is 4.98 Å². The Morgan fingerprint density at radius 1 is 0.967 bits per heavy atom. The van der Waals surface area contributed by atoms with Gasteiger partial charge in [0, 0.05) is 29.2 Å². The average molecular weight is 423 g/mol. The minimum atomic E-state index is -3.65. The molecule has 2 N–H and O–H groups in total. The van der Waals surface area contributed by atoms with Crippen LogP contribution in [0.3, 0.4) is 0 Å². The van der Waals surface area contributed by atoms with E-state index in [9.17, 15) is 8.42 Å². The first kappa shape index (κ1) is 20.0. The number of pyridine rings is 2. The second kappa shape index (κ2) is 7.51. The van der Waals surface area contributed by atoms with Crippen LogP contribution in [0.5, 0.6) is 0 Å². The van der Waals surface area contributed by atoms with E-state index in [0.717, 1.165) is 16.9 Å². The number of sulfonamides is 1. The van der Waals surface area contributed by atoms with E-state index >= 15 is 0 Å². The molecule has 0 aliphatic carbocycles. The van der Waals surface area contributed by atoms with Gasteiger partial charge in [0.1, 0.15) is 0 Å². The molecular weight excluding hydrogens is 400 g/mol. The van der Waals surface area contributed by atoms with Gasteiger partial charge in [-0.15, -0.1) is 5.10 Å². The van der Waals surface area contributed by atoms with Crippen molar-refractivity contribution < 1.29 is 8.42 Å². The molecule has 9 heteroatoms. The molecule has 0 aliphatic heterocycles. The molecule has 0 unspecified atom stereocenters. The van der Waals surface area contributed by atoms with Crippen LogP contribution in [0, 0.1) is 0 Å². The summed E-state index contributed by atoms with van der Waals surface area (Å²) in [6, 6.07) is 16.0. The first-order chi connectivity index (χ1) is 14.2. The Balaban J connectivity index is 1.73. The van der Waals surface area contributed by atoms with Gasteiger partial charge in [0.05, 0.1) is 10.6 Å². The topological polar surface area (TPSA) is 101 Å². The molecule has 154 valence electrons. The van der Waals surface area contributed by atoms with E-state index in [1.54, 1.807) is 35.1 Å². The number of nitrogens with zero attached hydrogens (tertiary/aromatic N) is 4. The highest BCUT2D eigenvalue weighted by molar-refractivity contribution is 7.89. The number of benzene rings is 1. The van der Waals surface area contributed by atoms with Crippen LogP contribution in [0.4, 0.5) is 11.6 Å². The summed E-state index contributed by atoms with van der Waals surface area (Å²) in [5.41, 5.74) is 2.34. The fourth-order valence-electron chi connectivity index (χ4n) is 3.03. The van der Waals surface area contributed by atoms with Crippen LogP contribution >= 0.6 is 0 Å². The minimum absolute atomic E-state index is 0.196. The predicted octanol–water partition coefficient (Wildman–Crippen LogP) is 3.61. The van der Waals surface area contributed by atoms with Crippen molar-refractivity contribution >= 4 is 27.3 Å². The maximum Gasteiger partial charge on any atom is 0.247 e. The molecule has 30 heavy (non-hydrogen) atoms. The normalized spacial score (nSPS) is 12.2. The Bertz CT molecular complexity index is 1290. The molecule has 0 atom stereocenters. The number of nitrogens with one attached hydrogen (secondary N) is 2. The third-order valence-corrected chi connectivity index (χ3v) is 5.93. The second-order valence-corrected chi connectivity index (χ2v) is 9.54. The summed E-state index contributed by atoms with van der Waals surface area (Å²) in [4.78, 5) is 8.69. The summed E-state index contributed by atoms with van der Waals surface area (Å²) < 4.78 is 29.9. The van der Waals surface area contributed by atoms with Crippen LogP contribution in [-0.4, -0.2) is 33.5 Å². The van der Waals surface area contributed by atoms with E-state index in [0.29, 0.717) is 11.6 Å². The molecule has 8 nitrogen and oxygen atoms in total. The Morgan fingerprint density at radius 3 is 2.43 bits per heavy atom. The van der Waals surface area contributed by atoms with E-state index < -0.39 is 15.6 Å². The summed E-state index contributed by atoms with van der Waals surface area (Å²) >= 11 is 0. The number of fused-ring (bicyclic) bond motifs is 1. The highest BCUT2D eigenvalue weighted by atomic mass is 32.2. The van der Waals surface area contributed by atoms with E-state index in [1.807, 2.05) is 57.2 Å². The van der Waals surface area contributed by atoms with Crippen molar-refractivity contribution in [2.75, 3.05) is 5.32 Å². The lowest BCUT2D eigenvalue weighted by atomic mass is 10.1. The third-order valence-electron chi connectivity index (χ3n) is 4.18. The quantitative estimate of drug-likeness (QED) is 0.509. The average Bonchev–Trinajstić information content (AvgIpc) is 3.09. The Labute approximate surface area is 175 Å². The first-order valence-corrected chi connectivity index (χ1v) is 10.9. The van der Waals surface area contributed by atoms with Gasteiger partial charge < -0.3 is 5.32 Å². The molecule has 4 rings (SSSR count). The largest absolute Gasteiger partial charge is 0.323 e. The SMILES string of the molecule is CC(C)(C)NS(=O)(=O)c1cccc(-c2cccc3nc(Nc4ccncc4)nn23)c1. The summed E-state index contributed by atoms with van der Waals surface area (Å²) in [5, 5.41) is 7.69. The smallest absolute Gasteiger partial charge is 0.247 e. The van der Waals surface area contributed by atoms with Gasteiger partial charge in [-0.1, -0.05) is 18.2 Å². The van der Waals surface area contributed by atoms with Crippen LogP contribution in [0.1, 0.15) is 20.8 Å². The van der Waals surface area contributed by atoms with Crippen molar-refractivity contribution in [1.82, 2.24) is 24.3 Å². The highest BCUT2D eigenvalue weighted by Crippen LogP contribution is 2.25. The Kier molecular flexibility index (Phi) is 5.00. The molecule has 1 aromatic carbocycles. The maximum atomic E-state index is 12.7. The third kappa shape index (κ3) is 4.32. The minimum Gasteiger partial charge on any atom is -0.323 e. The molecule has 3 heterocycles. The lowest BCUT2D eigenvalue weighted by Crippen LogP contribution is -2.40. The van der Waals surface area contributed by atoms with E-state index in [1.165, 1.54) is 0 Å². The zero-order chi connectivity index (χ0) is 21.4. The molecule has 4 aromatic rings. The van der Waals surface area contributed by atoms with Crippen LogP contribution in [0.25, 0.3) is 16.9 Å². The van der Waals surface area contributed by atoms with Crippen molar-refractivity contribution in [3.05, 3.63) is 67.0 Å². The summed E-state index contributed by atoms with van der Waals surface area (Å²) in [6.07, 6.45) is 3.36. The van der Waals surface area contributed by atoms with Crippen LogP contribution in [0.15, 0.2) is 71.9 Å². The maximum absolute atomic E-state index is 12.7. The van der Waals surface area contributed by atoms with Gasteiger partial charge in [0.15, 0.2) is 5.65 Å². The summed E-state index contributed by atoms with van der Waals surface area (Å²) in [5.74, 6) is 0.437. The molecule has 0 amide bonds. The van der Waals surface area contributed by atoms with E-state index in [2.05, 4.69) is 25.1 Å². The molecule has 0 saturated heterocycles. The monoisotopic (exact) mass is 422 g/mol. The van der Waals surface area contributed by atoms with Crippen LogP contribution < -0.4 is 10.0 Å². The van der Waals surface area contributed by atoms with Gasteiger partial charge in [0.25, 0.3) is 0 Å². The molecule has 0 bridgehead atoms. The number of rotatable bonds is 5. The number of aromatic nitrogens is 4. The summed E-state index contributed by atoms with van der Waals surface area (Å²) in [7, 11) is -3.65. The highest BCUT2D eigenvalue weighted by Gasteiger charge is 2.22. The van der Waals surface area contributed by atoms with E-state index in [-0.39, 0.29) is 4.90 Å². The van der Waals surface area contributed by atoms with Crippen LogP contribution in [-0.2, 0) is 10.0 Å². The van der Waals surface area contributed by atoms with Gasteiger partial charge in [-0.05, 0) is 57.2 Å². The van der Waals surface area contributed by atoms with Crippen molar-refractivity contribution in [1.29, 1.82) is 0 Å². The number of anilines is 2. The fraction of sp³-hybridized carbons (Fsp3) is 0.190. The molecule has 0 radical (unpaired) electrons.